The van der Waals surface area contributed by atoms with Crippen LogP contribution in [0.3, 0.4) is 0 Å². The van der Waals surface area contributed by atoms with Gasteiger partial charge in [0, 0.05) is 41.9 Å². The number of nitrogens with zero attached hydrogens (tertiary/aromatic N) is 2. The zero-order chi connectivity index (χ0) is 23.8. The third-order valence-corrected chi connectivity index (χ3v) is 6.14. The van der Waals surface area contributed by atoms with Crippen molar-refractivity contribution >= 4 is 35.3 Å². The van der Waals surface area contributed by atoms with Crippen LogP contribution in [0.5, 0.6) is 0 Å². The average Bonchev–Trinajstić information content (AvgIpc) is 2.84. The van der Waals surface area contributed by atoms with Crippen molar-refractivity contribution in [2.75, 3.05) is 23.9 Å². The largest absolute Gasteiger partial charge is 0.404 e. The Balaban J connectivity index is 1.75. The summed E-state index contributed by atoms with van der Waals surface area (Å²) in [6.07, 6.45) is 6.87. The Morgan fingerprint density at radius 1 is 1.06 bits per heavy atom. The van der Waals surface area contributed by atoms with Gasteiger partial charge in [0.05, 0.1) is 6.54 Å². The van der Waals surface area contributed by atoms with Crippen LogP contribution in [0.15, 0.2) is 70.8 Å². The van der Waals surface area contributed by atoms with E-state index in [9.17, 15) is 4.79 Å². The molecule has 33 heavy (non-hydrogen) atoms. The van der Waals surface area contributed by atoms with E-state index in [1.807, 2.05) is 44.5 Å². The summed E-state index contributed by atoms with van der Waals surface area (Å²) in [6, 6.07) is 15.7. The minimum Gasteiger partial charge on any atom is -0.404 e. The molecule has 0 unspecified atom stereocenters. The second-order valence-corrected chi connectivity index (χ2v) is 8.33. The molecule has 6 nitrogen and oxygen atoms in total. The minimum atomic E-state index is -0.248. The van der Waals surface area contributed by atoms with Crippen LogP contribution < -0.4 is 16.4 Å². The standard InChI is InChI=1S/C26H29N5OS/c1-17-21(7-5-9-23(17)28-3)22-8-6-10-24(18(22)2)31-26(32)25-12-11-19(15-30-25)14-29-16-20(13-27)33-4/h5-13,15-16,28H,14,27H2,1-4H3,(H,31,32)/b20-13+,29-16?. The fraction of sp³-hybridized carbons (Fsp3) is 0.192. The molecule has 1 aromatic heterocycles. The van der Waals surface area contributed by atoms with Crippen LogP contribution in [-0.2, 0) is 6.54 Å². The second kappa shape index (κ2) is 11.3. The highest BCUT2D eigenvalue weighted by molar-refractivity contribution is 8.03. The molecular weight excluding hydrogens is 430 g/mol. The summed E-state index contributed by atoms with van der Waals surface area (Å²) in [7, 11) is 1.92. The van der Waals surface area contributed by atoms with Crippen LogP contribution in [0.2, 0.25) is 0 Å². The topological polar surface area (TPSA) is 92.4 Å². The Morgan fingerprint density at radius 2 is 1.73 bits per heavy atom. The van der Waals surface area contributed by atoms with Gasteiger partial charge in [0.15, 0.2) is 0 Å². The van der Waals surface area contributed by atoms with E-state index in [-0.39, 0.29) is 5.91 Å². The molecule has 0 saturated carbocycles. The van der Waals surface area contributed by atoms with E-state index in [4.69, 9.17) is 5.73 Å². The summed E-state index contributed by atoms with van der Waals surface area (Å²) in [4.78, 5) is 22.4. The maximum atomic E-state index is 12.8. The number of nitrogens with two attached hydrogens (primary N) is 1. The number of carbonyl (C=O) groups is 1. The zero-order valence-electron chi connectivity index (χ0n) is 19.3. The van der Waals surface area contributed by atoms with Gasteiger partial charge in [-0.3, -0.25) is 14.8 Å². The lowest BCUT2D eigenvalue weighted by atomic mass is 9.94. The van der Waals surface area contributed by atoms with E-state index in [1.54, 1.807) is 18.5 Å². The van der Waals surface area contributed by atoms with Crippen molar-refractivity contribution in [1.29, 1.82) is 0 Å². The van der Waals surface area contributed by atoms with Gasteiger partial charge in [0.1, 0.15) is 5.69 Å². The number of nitrogens with one attached hydrogen (secondary N) is 2. The Kier molecular flexibility index (Phi) is 8.27. The fourth-order valence-electron chi connectivity index (χ4n) is 3.50. The number of hydrogen-bond donors (Lipinski definition) is 3. The number of allylic oxidation sites excluding steroid dienone is 1. The van der Waals surface area contributed by atoms with Crippen molar-refractivity contribution < 1.29 is 4.79 Å². The average molecular weight is 460 g/mol. The smallest absolute Gasteiger partial charge is 0.274 e. The highest BCUT2D eigenvalue weighted by atomic mass is 32.2. The summed E-state index contributed by atoms with van der Waals surface area (Å²) in [5, 5.41) is 6.23. The second-order valence-electron chi connectivity index (χ2n) is 7.46. The van der Waals surface area contributed by atoms with E-state index in [0.29, 0.717) is 12.2 Å². The summed E-state index contributed by atoms with van der Waals surface area (Å²) in [6.45, 7) is 4.58. The van der Waals surface area contributed by atoms with Crippen LogP contribution in [0.1, 0.15) is 27.2 Å². The number of amides is 1. The number of hydrogen-bond acceptors (Lipinski definition) is 6. The number of aliphatic imine (C=N–C) groups is 1. The van der Waals surface area contributed by atoms with Crippen LogP contribution in [0.4, 0.5) is 11.4 Å². The van der Waals surface area contributed by atoms with Crippen LogP contribution >= 0.6 is 11.8 Å². The third-order valence-electron chi connectivity index (χ3n) is 5.43. The number of benzene rings is 2. The van der Waals surface area contributed by atoms with Crippen molar-refractivity contribution in [3.63, 3.8) is 0 Å². The number of anilines is 2. The van der Waals surface area contributed by atoms with Crippen molar-refractivity contribution in [1.82, 2.24) is 4.98 Å². The zero-order valence-corrected chi connectivity index (χ0v) is 20.2. The molecule has 7 heteroatoms. The lowest BCUT2D eigenvalue weighted by molar-refractivity contribution is 0.102. The molecule has 0 spiro atoms. The molecule has 0 saturated heterocycles. The Morgan fingerprint density at radius 3 is 2.30 bits per heavy atom. The van der Waals surface area contributed by atoms with Gasteiger partial charge in [-0.05, 0) is 66.1 Å². The van der Waals surface area contributed by atoms with Gasteiger partial charge >= 0.3 is 0 Å². The van der Waals surface area contributed by atoms with Crippen molar-refractivity contribution in [3.05, 3.63) is 88.2 Å². The van der Waals surface area contributed by atoms with E-state index in [2.05, 4.69) is 45.7 Å². The number of carbonyl (C=O) groups excluding carboxylic acids is 1. The van der Waals surface area contributed by atoms with Crippen LogP contribution in [0.25, 0.3) is 11.1 Å². The number of rotatable bonds is 8. The molecule has 0 aliphatic carbocycles. The minimum absolute atomic E-state index is 0.248. The Labute approximate surface area is 199 Å². The molecule has 3 aromatic rings. The molecule has 3 rings (SSSR count). The van der Waals surface area contributed by atoms with Crippen molar-refractivity contribution in [3.8, 4) is 11.1 Å². The summed E-state index contributed by atoms with van der Waals surface area (Å²) in [5.74, 6) is -0.248. The van der Waals surface area contributed by atoms with E-state index < -0.39 is 0 Å². The molecule has 0 aliphatic rings. The molecule has 0 fully saturated rings. The number of thioether (sulfide) groups is 1. The molecule has 1 amide bonds. The van der Waals surface area contributed by atoms with E-state index >= 15 is 0 Å². The van der Waals surface area contributed by atoms with E-state index in [1.165, 1.54) is 18.0 Å². The van der Waals surface area contributed by atoms with Crippen molar-refractivity contribution in [2.45, 2.75) is 20.4 Å². The van der Waals surface area contributed by atoms with Gasteiger partial charge in [-0.1, -0.05) is 30.3 Å². The van der Waals surface area contributed by atoms with Gasteiger partial charge in [0.2, 0.25) is 0 Å². The first-order valence-corrected chi connectivity index (χ1v) is 11.8. The Bertz CT molecular complexity index is 1190. The molecule has 4 N–H and O–H groups in total. The first-order chi connectivity index (χ1) is 16.0. The molecule has 0 aliphatic heterocycles. The highest BCUT2D eigenvalue weighted by Crippen LogP contribution is 2.33. The third kappa shape index (κ3) is 5.81. The number of aromatic nitrogens is 1. The molecule has 0 bridgehead atoms. The molecule has 0 atom stereocenters. The molecule has 170 valence electrons. The molecule has 1 heterocycles. The van der Waals surface area contributed by atoms with Gasteiger partial charge in [-0.25, -0.2) is 0 Å². The monoisotopic (exact) mass is 459 g/mol. The van der Waals surface area contributed by atoms with Gasteiger partial charge in [-0.2, -0.15) is 0 Å². The van der Waals surface area contributed by atoms with E-state index in [0.717, 1.165) is 44.1 Å². The van der Waals surface area contributed by atoms with Gasteiger partial charge < -0.3 is 16.4 Å². The van der Waals surface area contributed by atoms with Crippen LogP contribution in [-0.4, -0.2) is 30.4 Å². The SMILES string of the molecule is CNc1cccc(-c2cccc(NC(=O)c3ccc(CN=C/C(=C\N)SC)cn3)c2C)c1C. The lowest BCUT2D eigenvalue weighted by Crippen LogP contribution is -2.14. The normalized spacial score (nSPS) is 11.6. The van der Waals surface area contributed by atoms with Crippen molar-refractivity contribution in [2.24, 2.45) is 10.7 Å². The quantitative estimate of drug-likeness (QED) is 0.393. The summed E-state index contributed by atoms with van der Waals surface area (Å²) >= 11 is 1.53. The maximum Gasteiger partial charge on any atom is 0.274 e. The highest BCUT2D eigenvalue weighted by Gasteiger charge is 2.13. The molecule has 0 radical (unpaired) electrons. The maximum absolute atomic E-state index is 12.8. The predicted molar refractivity (Wildman–Crippen MR) is 141 cm³/mol. The first kappa shape index (κ1) is 24.1. The summed E-state index contributed by atoms with van der Waals surface area (Å²) < 4.78 is 0. The first-order valence-electron chi connectivity index (χ1n) is 10.6. The fourth-order valence-corrected chi connectivity index (χ4v) is 3.82. The van der Waals surface area contributed by atoms with Gasteiger partial charge in [-0.15, -0.1) is 11.8 Å². The van der Waals surface area contributed by atoms with Crippen LogP contribution in [0, 0.1) is 13.8 Å². The molecular formula is C26H29N5OS. The number of pyridine rings is 1. The summed E-state index contributed by atoms with van der Waals surface area (Å²) in [5.41, 5.74) is 13.0. The lowest BCUT2D eigenvalue weighted by Gasteiger charge is -2.16. The van der Waals surface area contributed by atoms with Gasteiger partial charge in [0.25, 0.3) is 5.91 Å². The molecule has 2 aromatic carbocycles. The Hall–Kier alpha value is -3.58. The predicted octanol–water partition coefficient (Wildman–Crippen LogP) is 5.39.